The minimum Gasteiger partial charge on any atom is -0.406 e. The van der Waals surface area contributed by atoms with Crippen LogP contribution in [0.2, 0.25) is 0 Å². The van der Waals surface area contributed by atoms with Gasteiger partial charge in [0.1, 0.15) is 5.75 Å². The molecule has 2 rings (SSSR count). The van der Waals surface area contributed by atoms with Crippen LogP contribution < -0.4 is 15.8 Å². The molecule has 0 bridgehead atoms. The number of hydrogen-bond donors (Lipinski definition) is 2. The van der Waals surface area contributed by atoms with Gasteiger partial charge in [0.2, 0.25) is 0 Å². The molecule has 1 aliphatic rings. The number of alkyl halides is 3. The number of likely N-dealkylation sites (tertiary alicyclic amines) is 1. The van der Waals surface area contributed by atoms with Crippen LogP contribution in [0.3, 0.4) is 0 Å². The molecule has 0 amide bonds. The average Bonchev–Trinajstić information content (AvgIpc) is 3.03. The Hall–Kier alpha value is -1.23. The maximum absolute atomic E-state index is 12.1. The summed E-state index contributed by atoms with van der Waals surface area (Å²) in [7, 11) is 0. The lowest BCUT2D eigenvalue weighted by Gasteiger charge is -2.20. The topological polar surface area (TPSA) is 62.9 Å². The molecule has 1 aromatic carbocycles. The SMILES string of the molecule is CC(CNC(N)=NCc1ccc(OC(F)(F)F)cc1)CN1CCCC1.I. The van der Waals surface area contributed by atoms with Crippen molar-refractivity contribution in [1.82, 2.24) is 10.2 Å². The van der Waals surface area contributed by atoms with Gasteiger partial charge >= 0.3 is 6.36 Å². The first-order valence-electron chi connectivity index (χ1n) is 8.42. The van der Waals surface area contributed by atoms with Crippen molar-refractivity contribution in [3.8, 4) is 5.75 Å². The second-order valence-corrected chi connectivity index (χ2v) is 6.39. The van der Waals surface area contributed by atoms with Crippen LogP contribution in [-0.2, 0) is 6.54 Å². The Kier molecular flexibility index (Phi) is 9.48. The van der Waals surface area contributed by atoms with Crippen molar-refractivity contribution in [2.75, 3.05) is 26.2 Å². The summed E-state index contributed by atoms with van der Waals surface area (Å²) in [6.07, 6.45) is -2.13. The summed E-state index contributed by atoms with van der Waals surface area (Å²) >= 11 is 0. The van der Waals surface area contributed by atoms with E-state index in [9.17, 15) is 13.2 Å². The molecule has 1 saturated heterocycles. The first kappa shape index (κ1) is 22.8. The molecular weight excluding hydrogens is 460 g/mol. The van der Waals surface area contributed by atoms with E-state index < -0.39 is 6.36 Å². The number of benzene rings is 1. The predicted molar refractivity (Wildman–Crippen MR) is 107 cm³/mol. The van der Waals surface area contributed by atoms with Crippen LogP contribution in [0.25, 0.3) is 0 Å². The predicted octanol–water partition coefficient (Wildman–Crippen LogP) is 3.34. The van der Waals surface area contributed by atoms with E-state index >= 15 is 0 Å². The van der Waals surface area contributed by atoms with E-state index in [1.54, 1.807) is 0 Å². The summed E-state index contributed by atoms with van der Waals surface area (Å²) in [5.74, 6) is 0.552. The first-order valence-corrected chi connectivity index (χ1v) is 8.42. The van der Waals surface area contributed by atoms with Crippen LogP contribution in [0.4, 0.5) is 13.2 Å². The van der Waals surface area contributed by atoms with E-state index in [0.717, 1.165) is 18.7 Å². The van der Waals surface area contributed by atoms with Crippen LogP contribution in [-0.4, -0.2) is 43.4 Å². The summed E-state index contributed by atoms with van der Waals surface area (Å²) in [4.78, 5) is 6.66. The Morgan fingerprint density at radius 2 is 1.88 bits per heavy atom. The Morgan fingerprint density at radius 3 is 2.46 bits per heavy atom. The Balaban J connectivity index is 0.00000338. The van der Waals surface area contributed by atoms with Crippen LogP contribution >= 0.6 is 24.0 Å². The zero-order valence-electron chi connectivity index (χ0n) is 14.8. The molecule has 9 heteroatoms. The summed E-state index contributed by atoms with van der Waals surface area (Å²) in [5.41, 5.74) is 6.60. The number of nitrogens with one attached hydrogen (secondary N) is 1. The van der Waals surface area contributed by atoms with Crippen molar-refractivity contribution in [2.45, 2.75) is 32.7 Å². The number of nitrogens with zero attached hydrogens (tertiary/aromatic N) is 2. The number of guanidine groups is 1. The van der Waals surface area contributed by atoms with Crippen molar-refractivity contribution in [1.29, 1.82) is 0 Å². The van der Waals surface area contributed by atoms with E-state index in [1.165, 1.54) is 50.2 Å². The van der Waals surface area contributed by atoms with Crippen molar-refractivity contribution < 1.29 is 17.9 Å². The summed E-state index contributed by atoms with van der Waals surface area (Å²) in [6, 6.07) is 5.60. The Labute approximate surface area is 169 Å². The highest BCUT2D eigenvalue weighted by Crippen LogP contribution is 2.22. The number of aliphatic imine (C=N–C) groups is 1. The Bertz CT molecular complexity index is 560. The third kappa shape index (κ3) is 8.93. The van der Waals surface area contributed by atoms with E-state index in [-0.39, 0.29) is 29.7 Å². The fourth-order valence-corrected chi connectivity index (χ4v) is 2.78. The molecule has 1 fully saturated rings. The van der Waals surface area contributed by atoms with Gasteiger partial charge in [0.15, 0.2) is 5.96 Å². The number of rotatable bonds is 7. The van der Waals surface area contributed by atoms with E-state index in [0.29, 0.717) is 18.4 Å². The van der Waals surface area contributed by atoms with Gasteiger partial charge in [0, 0.05) is 13.1 Å². The molecule has 5 nitrogen and oxygen atoms in total. The zero-order chi connectivity index (χ0) is 18.3. The summed E-state index contributed by atoms with van der Waals surface area (Å²) in [5, 5.41) is 3.10. The largest absolute Gasteiger partial charge is 0.573 e. The van der Waals surface area contributed by atoms with Gasteiger partial charge in [-0.3, -0.25) is 0 Å². The van der Waals surface area contributed by atoms with Gasteiger partial charge in [-0.25, -0.2) is 4.99 Å². The molecule has 1 aliphatic heterocycles. The van der Waals surface area contributed by atoms with E-state index in [4.69, 9.17) is 5.73 Å². The van der Waals surface area contributed by atoms with E-state index in [1.807, 2.05) is 0 Å². The number of halogens is 4. The fourth-order valence-electron chi connectivity index (χ4n) is 2.78. The van der Waals surface area contributed by atoms with Gasteiger partial charge in [0.05, 0.1) is 6.54 Å². The lowest BCUT2D eigenvalue weighted by atomic mass is 10.1. The molecule has 26 heavy (non-hydrogen) atoms. The summed E-state index contributed by atoms with van der Waals surface area (Å²) in [6.45, 7) is 6.58. The van der Waals surface area contributed by atoms with E-state index in [2.05, 4.69) is 26.9 Å². The minimum absolute atomic E-state index is 0. The molecule has 1 aromatic rings. The first-order chi connectivity index (χ1) is 11.8. The monoisotopic (exact) mass is 486 g/mol. The van der Waals surface area contributed by atoms with Gasteiger partial charge in [0.25, 0.3) is 0 Å². The fraction of sp³-hybridized carbons (Fsp3) is 0.588. The molecule has 0 spiro atoms. The maximum atomic E-state index is 12.1. The van der Waals surface area contributed by atoms with Gasteiger partial charge in [-0.1, -0.05) is 19.1 Å². The van der Waals surface area contributed by atoms with Crippen LogP contribution in [0.5, 0.6) is 5.75 Å². The molecule has 3 N–H and O–H groups in total. The molecule has 1 unspecified atom stereocenters. The molecule has 0 aliphatic carbocycles. The smallest absolute Gasteiger partial charge is 0.406 e. The van der Waals surface area contributed by atoms with Crippen molar-refractivity contribution in [2.24, 2.45) is 16.6 Å². The highest BCUT2D eigenvalue weighted by atomic mass is 127. The second kappa shape index (κ2) is 10.8. The van der Waals surface area contributed by atoms with Gasteiger partial charge in [-0.15, -0.1) is 37.1 Å². The number of nitrogens with two attached hydrogens (primary N) is 1. The lowest BCUT2D eigenvalue weighted by molar-refractivity contribution is -0.274. The molecule has 0 radical (unpaired) electrons. The lowest BCUT2D eigenvalue weighted by Crippen LogP contribution is -2.38. The average molecular weight is 486 g/mol. The Morgan fingerprint density at radius 1 is 1.27 bits per heavy atom. The molecule has 148 valence electrons. The molecule has 0 saturated carbocycles. The normalized spacial score (nSPS) is 16.8. The van der Waals surface area contributed by atoms with Crippen molar-refractivity contribution >= 4 is 29.9 Å². The zero-order valence-corrected chi connectivity index (χ0v) is 17.1. The molecule has 0 aromatic heterocycles. The number of hydrogen-bond acceptors (Lipinski definition) is 3. The van der Waals surface area contributed by atoms with Gasteiger partial charge < -0.3 is 20.7 Å². The maximum Gasteiger partial charge on any atom is 0.573 e. The minimum atomic E-state index is -4.68. The summed E-state index contributed by atoms with van der Waals surface area (Å²) < 4.78 is 40.1. The quantitative estimate of drug-likeness (QED) is 0.353. The third-order valence-electron chi connectivity index (χ3n) is 3.99. The molecule has 1 atom stereocenters. The van der Waals surface area contributed by atoms with Gasteiger partial charge in [-0.2, -0.15) is 0 Å². The van der Waals surface area contributed by atoms with Crippen molar-refractivity contribution in [3.05, 3.63) is 29.8 Å². The standard InChI is InChI=1S/C17H25F3N4O.HI/c1-13(12-24-8-2-3-9-24)10-22-16(21)23-11-14-4-6-15(7-5-14)25-17(18,19)20;/h4-7,13H,2-3,8-12H2,1H3,(H3,21,22,23);1H. The highest BCUT2D eigenvalue weighted by molar-refractivity contribution is 14.0. The number of ether oxygens (including phenoxy) is 1. The third-order valence-corrected chi connectivity index (χ3v) is 3.99. The van der Waals surface area contributed by atoms with Crippen molar-refractivity contribution in [3.63, 3.8) is 0 Å². The van der Waals surface area contributed by atoms with Crippen LogP contribution in [0.1, 0.15) is 25.3 Å². The highest BCUT2D eigenvalue weighted by Gasteiger charge is 2.30. The van der Waals surface area contributed by atoms with Gasteiger partial charge in [-0.05, 0) is 49.5 Å². The molecular formula is C17H26F3IN4O. The van der Waals surface area contributed by atoms with Crippen LogP contribution in [0.15, 0.2) is 29.3 Å². The molecule has 1 heterocycles. The second-order valence-electron chi connectivity index (χ2n) is 6.39. The van der Waals surface area contributed by atoms with Crippen LogP contribution in [0, 0.1) is 5.92 Å².